The molecule has 0 saturated heterocycles. The molecule has 1 aromatic heterocycles. The summed E-state index contributed by atoms with van der Waals surface area (Å²) in [5.74, 6) is -0.0763. The summed E-state index contributed by atoms with van der Waals surface area (Å²) in [5.41, 5.74) is 6.77. The summed E-state index contributed by atoms with van der Waals surface area (Å²) in [6.07, 6.45) is 0.915. The van der Waals surface area contributed by atoms with Crippen LogP contribution in [0.25, 0.3) is 11.3 Å². The molecular formula is C13H15F2N3. The number of anilines is 1. The molecule has 5 heteroatoms. The normalized spacial score (nSPS) is 10.9. The summed E-state index contributed by atoms with van der Waals surface area (Å²) in [7, 11) is 0. The third-order valence-electron chi connectivity index (χ3n) is 2.78. The second kappa shape index (κ2) is 4.76. The molecule has 2 N–H and O–H groups in total. The van der Waals surface area contributed by atoms with Gasteiger partial charge in [0.2, 0.25) is 0 Å². The Balaban J connectivity index is 2.54. The lowest BCUT2D eigenvalue weighted by molar-refractivity contribution is 0.584. The summed E-state index contributed by atoms with van der Waals surface area (Å²) in [6.45, 7) is 4.59. The number of hydrogen-bond acceptors (Lipinski definition) is 2. The highest BCUT2D eigenvalue weighted by Crippen LogP contribution is 2.27. The molecule has 0 aliphatic rings. The highest BCUT2D eigenvalue weighted by Gasteiger charge is 2.14. The van der Waals surface area contributed by atoms with Crippen molar-refractivity contribution in [2.75, 3.05) is 5.73 Å². The van der Waals surface area contributed by atoms with Gasteiger partial charge in [-0.05, 0) is 25.5 Å². The van der Waals surface area contributed by atoms with Crippen molar-refractivity contribution in [1.29, 1.82) is 0 Å². The van der Waals surface area contributed by atoms with Crippen molar-refractivity contribution < 1.29 is 8.78 Å². The van der Waals surface area contributed by atoms with Gasteiger partial charge in [0, 0.05) is 18.2 Å². The van der Waals surface area contributed by atoms with Crippen molar-refractivity contribution in [1.82, 2.24) is 9.55 Å². The number of aromatic nitrogens is 2. The molecule has 0 atom stereocenters. The van der Waals surface area contributed by atoms with Crippen LogP contribution in [0.2, 0.25) is 0 Å². The maximum Gasteiger partial charge on any atom is 0.131 e. The van der Waals surface area contributed by atoms with E-state index in [0.29, 0.717) is 17.1 Å². The molecule has 0 radical (unpaired) electrons. The zero-order chi connectivity index (χ0) is 13.3. The summed E-state index contributed by atoms with van der Waals surface area (Å²) < 4.78 is 28.2. The second-order valence-electron chi connectivity index (χ2n) is 4.20. The number of imidazole rings is 1. The van der Waals surface area contributed by atoms with E-state index in [1.54, 1.807) is 0 Å². The number of nitrogen functional groups attached to an aromatic ring is 1. The fourth-order valence-corrected chi connectivity index (χ4v) is 1.99. The van der Waals surface area contributed by atoms with Gasteiger partial charge in [0.05, 0.1) is 0 Å². The number of hydrogen-bond donors (Lipinski definition) is 1. The van der Waals surface area contributed by atoms with Crippen molar-refractivity contribution in [3.8, 4) is 11.3 Å². The van der Waals surface area contributed by atoms with Gasteiger partial charge in [0.25, 0.3) is 0 Å². The monoisotopic (exact) mass is 251 g/mol. The minimum Gasteiger partial charge on any atom is -0.383 e. The molecule has 1 aromatic carbocycles. The Labute approximate surface area is 104 Å². The van der Waals surface area contributed by atoms with Gasteiger partial charge in [0.1, 0.15) is 29.0 Å². The highest BCUT2D eigenvalue weighted by molar-refractivity contribution is 5.71. The lowest BCUT2D eigenvalue weighted by atomic mass is 10.1. The molecule has 0 bridgehead atoms. The molecule has 2 aromatic rings. The van der Waals surface area contributed by atoms with Gasteiger partial charge < -0.3 is 10.3 Å². The van der Waals surface area contributed by atoms with Crippen LogP contribution in [0.1, 0.15) is 19.2 Å². The molecule has 0 aliphatic heterocycles. The highest BCUT2D eigenvalue weighted by atomic mass is 19.1. The molecular weight excluding hydrogens is 236 g/mol. The lowest BCUT2D eigenvalue weighted by Gasteiger charge is -2.05. The first-order valence-corrected chi connectivity index (χ1v) is 5.82. The SMILES string of the molecule is CCCn1c(C)nc(-c2cc(F)cc(F)c2)c1N. The Morgan fingerprint density at radius 2 is 1.83 bits per heavy atom. The van der Waals surface area contributed by atoms with Crippen LogP contribution in [0.5, 0.6) is 0 Å². The van der Waals surface area contributed by atoms with Crippen molar-refractivity contribution in [3.05, 3.63) is 35.7 Å². The largest absolute Gasteiger partial charge is 0.383 e. The van der Waals surface area contributed by atoms with E-state index in [4.69, 9.17) is 5.73 Å². The van der Waals surface area contributed by atoms with Gasteiger partial charge in [-0.15, -0.1) is 0 Å². The fraction of sp³-hybridized carbons (Fsp3) is 0.308. The van der Waals surface area contributed by atoms with Crippen molar-refractivity contribution in [2.24, 2.45) is 0 Å². The van der Waals surface area contributed by atoms with E-state index in [1.165, 1.54) is 12.1 Å². The Kier molecular flexibility index (Phi) is 3.32. The summed E-state index contributed by atoms with van der Waals surface area (Å²) in [5, 5.41) is 0. The predicted molar refractivity (Wildman–Crippen MR) is 67.0 cm³/mol. The molecule has 0 fully saturated rings. The zero-order valence-electron chi connectivity index (χ0n) is 10.4. The molecule has 2 rings (SSSR count). The molecule has 1 heterocycles. The number of rotatable bonds is 3. The van der Waals surface area contributed by atoms with Crippen LogP contribution in [0.15, 0.2) is 18.2 Å². The van der Waals surface area contributed by atoms with Crippen molar-refractivity contribution in [2.45, 2.75) is 26.8 Å². The van der Waals surface area contributed by atoms with Crippen molar-refractivity contribution >= 4 is 5.82 Å². The minimum absolute atomic E-state index is 0.364. The maximum absolute atomic E-state index is 13.2. The van der Waals surface area contributed by atoms with E-state index in [-0.39, 0.29) is 0 Å². The van der Waals surface area contributed by atoms with Gasteiger partial charge in [-0.25, -0.2) is 13.8 Å². The summed E-state index contributed by atoms with van der Waals surface area (Å²) in [4.78, 5) is 4.29. The van der Waals surface area contributed by atoms with E-state index < -0.39 is 11.6 Å². The maximum atomic E-state index is 13.2. The van der Waals surface area contributed by atoms with Crippen LogP contribution in [0.4, 0.5) is 14.6 Å². The molecule has 0 unspecified atom stereocenters. The van der Waals surface area contributed by atoms with E-state index in [9.17, 15) is 8.78 Å². The number of nitrogens with two attached hydrogens (primary N) is 1. The van der Waals surface area contributed by atoms with E-state index in [0.717, 1.165) is 24.9 Å². The number of benzene rings is 1. The second-order valence-corrected chi connectivity index (χ2v) is 4.20. The molecule has 0 saturated carbocycles. The van der Waals surface area contributed by atoms with Gasteiger partial charge in [-0.2, -0.15) is 0 Å². The average Bonchev–Trinajstić information content (AvgIpc) is 2.56. The van der Waals surface area contributed by atoms with E-state index in [2.05, 4.69) is 4.98 Å². The molecule has 0 aliphatic carbocycles. The third-order valence-corrected chi connectivity index (χ3v) is 2.78. The smallest absolute Gasteiger partial charge is 0.131 e. The standard InChI is InChI=1S/C13H15F2N3/c1-3-4-18-8(2)17-12(13(18)16)9-5-10(14)7-11(15)6-9/h5-7H,3-4,16H2,1-2H3. The summed E-state index contributed by atoms with van der Waals surface area (Å²) in [6, 6.07) is 3.30. The first-order valence-electron chi connectivity index (χ1n) is 5.82. The fourth-order valence-electron chi connectivity index (χ4n) is 1.99. The van der Waals surface area contributed by atoms with Gasteiger partial charge in [0.15, 0.2) is 0 Å². The third kappa shape index (κ3) is 2.20. The van der Waals surface area contributed by atoms with Gasteiger partial charge in [-0.1, -0.05) is 6.92 Å². The van der Waals surface area contributed by atoms with Crippen LogP contribution < -0.4 is 5.73 Å². The first kappa shape index (κ1) is 12.5. The predicted octanol–water partition coefficient (Wildman–Crippen LogP) is 3.13. The molecule has 3 nitrogen and oxygen atoms in total. The topological polar surface area (TPSA) is 43.8 Å². The average molecular weight is 251 g/mol. The first-order chi connectivity index (χ1) is 8.52. The van der Waals surface area contributed by atoms with Gasteiger partial charge in [-0.3, -0.25) is 0 Å². The quantitative estimate of drug-likeness (QED) is 0.910. The zero-order valence-corrected chi connectivity index (χ0v) is 10.4. The van der Waals surface area contributed by atoms with Crippen LogP contribution in [-0.4, -0.2) is 9.55 Å². The minimum atomic E-state index is -0.632. The molecule has 0 amide bonds. The number of nitrogens with zero attached hydrogens (tertiary/aromatic N) is 2. The molecule has 96 valence electrons. The van der Waals surface area contributed by atoms with Crippen LogP contribution in [0, 0.1) is 18.6 Å². The number of halogens is 2. The van der Waals surface area contributed by atoms with Crippen LogP contribution in [0.3, 0.4) is 0 Å². The van der Waals surface area contributed by atoms with Crippen molar-refractivity contribution in [3.63, 3.8) is 0 Å². The van der Waals surface area contributed by atoms with E-state index >= 15 is 0 Å². The van der Waals surface area contributed by atoms with E-state index in [1.807, 2.05) is 18.4 Å². The van der Waals surface area contributed by atoms with Crippen LogP contribution in [-0.2, 0) is 6.54 Å². The van der Waals surface area contributed by atoms with Gasteiger partial charge >= 0.3 is 0 Å². The number of aryl methyl sites for hydroxylation is 1. The summed E-state index contributed by atoms with van der Waals surface area (Å²) >= 11 is 0. The molecule has 0 spiro atoms. The Morgan fingerprint density at radius 1 is 1.22 bits per heavy atom. The lowest BCUT2D eigenvalue weighted by Crippen LogP contribution is -2.04. The van der Waals surface area contributed by atoms with Crippen LogP contribution >= 0.6 is 0 Å². The Hall–Kier alpha value is -1.91. The Morgan fingerprint density at radius 3 is 2.39 bits per heavy atom. The molecule has 18 heavy (non-hydrogen) atoms. The Bertz CT molecular complexity index is 556.